The van der Waals surface area contributed by atoms with Gasteiger partial charge in [-0.15, -0.1) is 10.2 Å². The van der Waals surface area contributed by atoms with Crippen molar-refractivity contribution in [2.75, 3.05) is 21.3 Å². The van der Waals surface area contributed by atoms with E-state index in [1.54, 1.807) is 30.3 Å². The zero-order valence-electron chi connectivity index (χ0n) is 20.6. The van der Waals surface area contributed by atoms with Gasteiger partial charge in [-0.05, 0) is 53.2 Å². The van der Waals surface area contributed by atoms with Gasteiger partial charge in [0.1, 0.15) is 23.0 Å². The number of hydrogen-bond acceptors (Lipinski definition) is 9. The Balaban J connectivity index is 1.57. The lowest BCUT2D eigenvalue weighted by molar-refractivity contribution is -0.131. The number of carboxylic acid groups (broad SMARTS) is 1. The van der Waals surface area contributed by atoms with Crippen LogP contribution < -0.4 is 18.9 Å². The van der Waals surface area contributed by atoms with Crippen molar-refractivity contribution in [1.82, 2.24) is 10.2 Å². The Morgan fingerprint density at radius 1 is 0.974 bits per heavy atom. The van der Waals surface area contributed by atoms with E-state index in [2.05, 4.69) is 26.1 Å². The van der Waals surface area contributed by atoms with Crippen molar-refractivity contribution in [3.05, 3.63) is 81.2 Å². The first-order chi connectivity index (χ1) is 18.4. The van der Waals surface area contributed by atoms with Gasteiger partial charge in [-0.25, -0.2) is 4.79 Å². The van der Waals surface area contributed by atoms with Crippen molar-refractivity contribution < 1.29 is 33.3 Å². The molecule has 9 nitrogen and oxygen atoms in total. The second-order valence-corrected chi connectivity index (χ2v) is 9.54. The van der Waals surface area contributed by atoms with Gasteiger partial charge in [0.25, 0.3) is 5.22 Å². The summed E-state index contributed by atoms with van der Waals surface area (Å²) in [7, 11) is 4.59. The van der Waals surface area contributed by atoms with Crippen LogP contribution in [-0.2, 0) is 11.4 Å². The lowest BCUT2D eigenvalue weighted by Crippen LogP contribution is -1.99. The van der Waals surface area contributed by atoms with E-state index in [0.29, 0.717) is 45.2 Å². The first-order valence-corrected chi connectivity index (χ1v) is 12.7. The first-order valence-electron chi connectivity index (χ1n) is 11.1. The summed E-state index contributed by atoms with van der Waals surface area (Å²) in [5, 5.41) is 18.0. The second-order valence-electron chi connectivity index (χ2n) is 7.69. The monoisotopic (exact) mass is 598 g/mol. The summed E-state index contributed by atoms with van der Waals surface area (Å²) in [6.07, 6.45) is 1.49. The summed E-state index contributed by atoms with van der Waals surface area (Å²) in [6, 6.07) is 18.3. The maximum atomic E-state index is 12.1. The highest BCUT2D eigenvalue weighted by Crippen LogP contribution is 2.38. The van der Waals surface area contributed by atoms with Gasteiger partial charge in [0.2, 0.25) is 5.89 Å². The number of carbonyl (C=O) groups is 1. The number of methoxy groups -OCH3 is 3. The molecule has 3 aromatic carbocycles. The van der Waals surface area contributed by atoms with Crippen molar-refractivity contribution in [2.45, 2.75) is 11.8 Å². The van der Waals surface area contributed by atoms with E-state index in [4.69, 9.17) is 23.4 Å². The lowest BCUT2D eigenvalue weighted by Gasteiger charge is -2.13. The summed E-state index contributed by atoms with van der Waals surface area (Å²) in [5.41, 5.74) is 2.14. The van der Waals surface area contributed by atoms with Gasteiger partial charge >= 0.3 is 5.97 Å². The Bertz CT molecular complexity index is 1440. The maximum Gasteiger partial charge on any atom is 0.342 e. The fraction of sp³-hybridized carbons (Fsp3) is 0.148. The number of aliphatic carboxylic acids is 1. The van der Waals surface area contributed by atoms with E-state index >= 15 is 0 Å². The number of rotatable bonds is 11. The number of hydrogen-bond donors (Lipinski definition) is 1. The van der Waals surface area contributed by atoms with E-state index < -0.39 is 5.97 Å². The van der Waals surface area contributed by atoms with Crippen molar-refractivity contribution in [1.29, 1.82) is 0 Å². The molecule has 0 unspecified atom stereocenters. The number of nitrogens with zero attached hydrogens (tertiary/aromatic N) is 2. The number of carboxylic acids is 1. The molecule has 0 saturated carbocycles. The van der Waals surface area contributed by atoms with Crippen molar-refractivity contribution in [3.63, 3.8) is 0 Å². The van der Waals surface area contributed by atoms with Crippen LogP contribution >= 0.6 is 27.7 Å². The third kappa shape index (κ3) is 6.67. The van der Waals surface area contributed by atoms with Crippen LogP contribution in [-0.4, -0.2) is 42.6 Å². The summed E-state index contributed by atoms with van der Waals surface area (Å²) >= 11 is 4.33. The summed E-state index contributed by atoms with van der Waals surface area (Å²) < 4.78 is 28.3. The highest BCUT2D eigenvalue weighted by molar-refractivity contribution is 9.10. The number of halogens is 1. The van der Waals surface area contributed by atoms with E-state index in [9.17, 15) is 9.90 Å². The molecule has 4 aromatic rings. The van der Waals surface area contributed by atoms with Gasteiger partial charge in [-0.1, -0.05) is 46.3 Å². The molecule has 0 bridgehead atoms. The van der Waals surface area contributed by atoms with Crippen molar-refractivity contribution in [2.24, 2.45) is 0 Å². The zero-order valence-corrected chi connectivity index (χ0v) is 23.0. The van der Waals surface area contributed by atoms with Crippen LogP contribution in [0.5, 0.6) is 23.0 Å². The summed E-state index contributed by atoms with van der Waals surface area (Å²) in [5.74, 6) is 1.10. The largest absolute Gasteiger partial charge is 0.497 e. The van der Waals surface area contributed by atoms with E-state index in [1.807, 2.05) is 30.3 Å². The fourth-order valence-electron chi connectivity index (χ4n) is 3.34. The summed E-state index contributed by atoms with van der Waals surface area (Å²) in [4.78, 5) is 12.0. The molecule has 1 heterocycles. The molecule has 0 radical (unpaired) electrons. The molecule has 0 amide bonds. The molecule has 38 heavy (non-hydrogen) atoms. The van der Waals surface area contributed by atoms with Crippen LogP contribution in [0.4, 0.5) is 0 Å². The van der Waals surface area contributed by atoms with Gasteiger partial charge in [-0.2, -0.15) is 0 Å². The first kappa shape index (κ1) is 27.1. The normalized spacial score (nSPS) is 11.2. The number of benzene rings is 3. The molecule has 1 N–H and O–H groups in total. The smallest absolute Gasteiger partial charge is 0.342 e. The van der Waals surface area contributed by atoms with Gasteiger partial charge in [-0.3, -0.25) is 0 Å². The topological polar surface area (TPSA) is 113 Å². The Labute approximate surface area is 231 Å². The second kappa shape index (κ2) is 12.5. The van der Waals surface area contributed by atoms with Crippen LogP contribution in [0, 0.1) is 0 Å². The van der Waals surface area contributed by atoms with Crippen LogP contribution in [0.25, 0.3) is 17.5 Å². The standard InChI is InChI=1S/C27H23BrN2O7S/c1-33-19-9-18(10-20(13-19)34-2)25-29-30-27(37-25)38-24(26(31)32)12-17-11-22(35-3)23(14-21(17)28)36-15-16-7-5-4-6-8-16/h4-14H,15H2,1-3H3,(H,31,32)/b24-12-. The summed E-state index contributed by atoms with van der Waals surface area (Å²) in [6.45, 7) is 0.355. The molecule has 196 valence electrons. The highest BCUT2D eigenvalue weighted by Gasteiger charge is 2.19. The Hall–Kier alpha value is -3.96. The number of aromatic nitrogens is 2. The van der Waals surface area contributed by atoms with E-state index in [0.717, 1.165) is 17.3 Å². The van der Waals surface area contributed by atoms with E-state index in [1.165, 1.54) is 27.4 Å². The minimum Gasteiger partial charge on any atom is -0.497 e. The van der Waals surface area contributed by atoms with Crippen LogP contribution in [0.3, 0.4) is 0 Å². The Kier molecular flexibility index (Phi) is 8.93. The highest BCUT2D eigenvalue weighted by atomic mass is 79.9. The molecule has 4 rings (SSSR count). The van der Waals surface area contributed by atoms with Crippen molar-refractivity contribution >= 4 is 39.7 Å². The molecule has 0 aliphatic rings. The lowest BCUT2D eigenvalue weighted by atomic mass is 10.2. The molecular formula is C27H23BrN2O7S. The third-order valence-corrected chi connectivity index (χ3v) is 6.76. The minimum atomic E-state index is -1.16. The molecule has 0 aliphatic carbocycles. The quantitative estimate of drug-likeness (QED) is 0.155. The maximum absolute atomic E-state index is 12.1. The fourth-order valence-corrected chi connectivity index (χ4v) is 4.44. The van der Waals surface area contributed by atoms with Gasteiger partial charge in [0.15, 0.2) is 11.5 Å². The molecule has 0 spiro atoms. The van der Waals surface area contributed by atoms with Crippen LogP contribution in [0.2, 0.25) is 0 Å². The predicted molar refractivity (Wildman–Crippen MR) is 146 cm³/mol. The third-order valence-electron chi connectivity index (χ3n) is 5.22. The zero-order chi connectivity index (χ0) is 27.1. The Morgan fingerprint density at radius 3 is 2.32 bits per heavy atom. The van der Waals surface area contributed by atoms with Crippen molar-refractivity contribution in [3.8, 4) is 34.5 Å². The van der Waals surface area contributed by atoms with Crippen LogP contribution in [0.1, 0.15) is 11.1 Å². The average Bonchev–Trinajstić information content (AvgIpc) is 3.41. The molecule has 11 heteroatoms. The number of thioether (sulfide) groups is 1. The van der Waals surface area contributed by atoms with Gasteiger partial charge in [0.05, 0.1) is 21.3 Å². The average molecular weight is 599 g/mol. The molecule has 1 aromatic heterocycles. The van der Waals surface area contributed by atoms with Crippen LogP contribution in [0.15, 0.2) is 79.7 Å². The molecule has 0 atom stereocenters. The molecular weight excluding hydrogens is 576 g/mol. The van der Waals surface area contributed by atoms with Gasteiger partial charge < -0.3 is 28.5 Å². The van der Waals surface area contributed by atoms with Gasteiger partial charge in [0, 0.05) is 16.1 Å². The molecule has 0 fully saturated rings. The number of ether oxygens (including phenoxy) is 4. The molecule has 0 saturated heterocycles. The minimum absolute atomic E-state index is 0.0378. The Morgan fingerprint density at radius 2 is 1.68 bits per heavy atom. The molecule has 0 aliphatic heterocycles. The van der Waals surface area contributed by atoms with E-state index in [-0.39, 0.29) is 16.0 Å². The predicted octanol–water partition coefficient (Wildman–Crippen LogP) is 6.32. The SMILES string of the molecule is COc1cc(OC)cc(-c2nnc(S/C(=C\c3cc(OC)c(OCc4ccccc4)cc3Br)C(=O)O)o2)c1.